The summed E-state index contributed by atoms with van der Waals surface area (Å²) in [5.74, 6) is 1.46. The molecule has 1 saturated heterocycles. The summed E-state index contributed by atoms with van der Waals surface area (Å²) in [5.41, 5.74) is 3.19. The molecule has 8 aromatic rings. The molecule has 0 bridgehead atoms. The molecule has 0 amide bonds. The Morgan fingerprint density at radius 3 is 1.64 bits per heavy atom. The maximum Gasteiger partial charge on any atom is 0.311 e. The summed E-state index contributed by atoms with van der Waals surface area (Å²) in [7, 11) is 3.30. The number of methoxy groups -OCH3 is 2. The van der Waals surface area contributed by atoms with E-state index in [1.165, 1.54) is 0 Å². The monoisotopic (exact) mass is 898 g/mol. The van der Waals surface area contributed by atoms with E-state index in [1.54, 1.807) is 18.8 Å². The molecule has 0 unspecified atom stereocenters. The van der Waals surface area contributed by atoms with E-state index in [1.807, 2.05) is 133 Å². The van der Waals surface area contributed by atoms with Crippen LogP contribution in [-0.4, -0.2) is 41.0 Å². The average molecular weight is 899 g/mol. The van der Waals surface area contributed by atoms with Gasteiger partial charge < -0.3 is 24.3 Å². The van der Waals surface area contributed by atoms with Gasteiger partial charge in [0.05, 0.1) is 26.4 Å². The molecule has 6 aromatic carbocycles. The Labute approximate surface area is 388 Å². The summed E-state index contributed by atoms with van der Waals surface area (Å²) in [6, 6.07) is 56.4. The Bertz CT molecular complexity index is 2900. The van der Waals surface area contributed by atoms with Gasteiger partial charge in [-0.3, -0.25) is 19.1 Å². The first-order valence-corrected chi connectivity index (χ1v) is 23.3. The Balaban J connectivity index is 1.19. The summed E-state index contributed by atoms with van der Waals surface area (Å²) < 4.78 is 27.6. The number of thiazole rings is 1. The Hall–Kier alpha value is -6.79. The topological polar surface area (TPSA) is 117 Å². The van der Waals surface area contributed by atoms with Crippen molar-refractivity contribution in [2.75, 3.05) is 19.5 Å². The van der Waals surface area contributed by atoms with E-state index >= 15 is 0 Å². The molecule has 2 N–H and O–H groups in total. The lowest BCUT2D eigenvalue weighted by Gasteiger charge is -2.40. The van der Waals surface area contributed by atoms with Crippen LogP contribution >= 0.6 is 11.3 Å². The lowest BCUT2D eigenvalue weighted by atomic mass is 9.77. The van der Waals surface area contributed by atoms with E-state index in [0.717, 1.165) is 56.9 Å². The summed E-state index contributed by atoms with van der Waals surface area (Å²) in [5, 5.41) is 3.71. The molecule has 1 aliphatic rings. The molecule has 11 heteroatoms. The fourth-order valence-electron chi connectivity index (χ4n) is 9.59. The number of hydrogen-bond acceptors (Lipinski definition) is 9. The minimum atomic E-state index is -1.07. The number of anilines is 1. The van der Waals surface area contributed by atoms with Crippen LogP contribution in [0.1, 0.15) is 73.2 Å². The van der Waals surface area contributed by atoms with E-state index in [0.29, 0.717) is 12.2 Å². The van der Waals surface area contributed by atoms with E-state index in [-0.39, 0.29) is 39.1 Å². The van der Waals surface area contributed by atoms with Crippen molar-refractivity contribution >= 4 is 27.6 Å². The molecule has 1 fully saturated rings. The van der Waals surface area contributed by atoms with Crippen molar-refractivity contribution in [1.82, 2.24) is 14.5 Å². The molecule has 9 rings (SSSR count). The maximum absolute atomic E-state index is 14.5. The third-order valence-electron chi connectivity index (χ3n) is 13.3. The van der Waals surface area contributed by atoms with Crippen LogP contribution in [0, 0.1) is 11.8 Å². The number of aromatic nitrogens is 3. The number of benzene rings is 6. The van der Waals surface area contributed by atoms with E-state index < -0.39 is 29.0 Å². The smallest absolute Gasteiger partial charge is 0.311 e. The van der Waals surface area contributed by atoms with Crippen LogP contribution in [0.25, 0.3) is 10.3 Å². The standard InChI is InChI=1S/C55H54N4O6S/c1-6-36(2)47-35-46(37(3)65-55(41-23-15-9-16-24-41,42-25-17-10-18-26-42)43-29-33-45(63-5)34-30-43)51(64-47)59-49-48(66-53(59)61)50(60)57-52(56-49)58-54(38-19-11-7-12-20-38,39-21-13-8-14-22-39)40-27-31-44(62-4)32-28-40/h7-34,36-37,46-47,51H,6,35H2,1-5H3,(H2,56,57,58,60)/t36-,37+,46-,47-,51+/m0/s1. The number of fused-ring (bicyclic) bond motifs is 1. The maximum atomic E-state index is 14.5. The number of ether oxygens (including phenoxy) is 4. The van der Waals surface area contributed by atoms with Gasteiger partial charge in [0.25, 0.3) is 5.56 Å². The fourth-order valence-corrected chi connectivity index (χ4v) is 10.4. The van der Waals surface area contributed by atoms with Gasteiger partial charge in [-0.1, -0.05) is 177 Å². The highest BCUT2D eigenvalue weighted by molar-refractivity contribution is 7.16. The summed E-state index contributed by atoms with van der Waals surface area (Å²) in [4.78, 5) is 36.7. The zero-order valence-corrected chi connectivity index (χ0v) is 38.5. The average Bonchev–Trinajstić information content (AvgIpc) is 3.96. The molecule has 1 aliphatic heterocycles. The lowest BCUT2D eigenvalue weighted by molar-refractivity contribution is -0.0981. The summed E-state index contributed by atoms with van der Waals surface area (Å²) in [6.45, 7) is 6.39. The number of hydrogen-bond donors (Lipinski definition) is 2. The highest BCUT2D eigenvalue weighted by Gasteiger charge is 2.48. The normalized spacial score (nSPS) is 17.3. The number of H-pyrrole nitrogens is 1. The lowest BCUT2D eigenvalue weighted by Crippen LogP contribution is -2.40. The van der Waals surface area contributed by atoms with Gasteiger partial charge in [0.2, 0.25) is 5.95 Å². The van der Waals surface area contributed by atoms with Gasteiger partial charge in [-0.25, -0.2) is 0 Å². The van der Waals surface area contributed by atoms with E-state index in [2.05, 4.69) is 67.5 Å². The molecule has 0 saturated carbocycles. The van der Waals surface area contributed by atoms with E-state index in [9.17, 15) is 9.59 Å². The predicted octanol–water partition coefficient (Wildman–Crippen LogP) is 10.9. The first-order chi connectivity index (χ1) is 32.2. The molecule has 10 nitrogen and oxygen atoms in total. The Morgan fingerprint density at radius 1 is 0.697 bits per heavy atom. The van der Waals surface area contributed by atoms with Gasteiger partial charge in [-0.05, 0) is 76.9 Å². The molecular weight excluding hydrogens is 845 g/mol. The molecule has 0 aliphatic carbocycles. The molecule has 66 heavy (non-hydrogen) atoms. The number of rotatable bonds is 16. The molecule has 0 radical (unpaired) electrons. The molecule has 5 atom stereocenters. The second kappa shape index (κ2) is 19.0. The fraction of sp³-hybridized carbons (Fsp3) is 0.255. The minimum absolute atomic E-state index is 0.176. The molecule has 336 valence electrons. The largest absolute Gasteiger partial charge is 0.497 e. The van der Waals surface area contributed by atoms with Crippen molar-refractivity contribution < 1.29 is 18.9 Å². The first-order valence-electron chi connectivity index (χ1n) is 22.5. The van der Waals surface area contributed by atoms with Gasteiger partial charge in [-0.15, -0.1) is 0 Å². The van der Waals surface area contributed by atoms with Crippen molar-refractivity contribution in [1.29, 1.82) is 0 Å². The van der Waals surface area contributed by atoms with Crippen LogP contribution in [0.3, 0.4) is 0 Å². The van der Waals surface area contributed by atoms with Crippen LogP contribution in [-0.2, 0) is 20.6 Å². The van der Waals surface area contributed by atoms with Crippen LogP contribution in [0.15, 0.2) is 179 Å². The predicted molar refractivity (Wildman–Crippen MR) is 262 cm³/mol. The van der Waals surface area contributed by atoms with Crippen LogP contribution in [0.2, 0.25) is 0 Å². The van der Waals surface area contributed by atoms with Gasteiger partial charge in [0, 0.05) is 5.92 Å². The van der Waals surface area contributed by atoms with Gasteiger partial charge >= 0.3 is 4.87 Å². The third kappa shape index (κ3) is 8.12. The number of aromatic amines is 1. The van der Waals surface area contributed by atoms with Gasteiger partial charge in [-0.2, -0.15) is 4.98 Å². The summed E-state index contributed by atoms with van der Waals surface area (Å²) in [6.07, 6.45) is -0.00539. The van der Waals surface area contributed by atoms with E-state index in [4.69, 9.17) is 23.9 Å². The molecule has 0 spiro atoms. The number of nitrogens with one attached hydrogen (secondary N) is 2. The highest BCUT2D eigenvalue weighted by Crippen LogP contribution is 2.48. The zero-order valence-electron chi connectivity index (χ0n) is 37.7. The highest BCUT2D eigenvalue weighted by atomic mass is 32.1. The van der Waals surface area contributed by atoms with Crippen molar-refractivity contribution in [2.45, 2.75) is 63.2 Å². The SMILES string of the molecule is CC[C@H](C)[C@@H]1C[C@@H]([C@@H](C)OC(c2ccccc2)(c2ccccc2)c2ccc(OC)cc2)[C@H](n2c(=O)sc3c(=O)[nH]c(NC(c4ccccc4)(c4ccccc4)c4ccc(OC)cc4)nc32)O1. The third-order valence-corrected chi connectivity index (χ3v) is 14.2. The van der Waals surface area contributed by atoms with Gasteiger partial charge in [0.1, 0.15) is 33.6 Å². The van der Waals surface area contributed by atoms with Crippen LogP contribution in [0.5, 0.6) is 11.5 Å². The summed E-state index contributed by atoms with van der Waals surface area (Å²) >= 11 is 0.875. The molecular formula is C55H54N4O6S. The Morgan fingerprint density at radius 2 is 1.15 bits per heavy atom. The van der Waals surface area contributed by atoms with Crippen molar-refractivity contribution in [3.05, 3.63) is 223 Å². The number of nitrogens with zero attached hydrogens (tertiary/aromatic N) is 2. The van der Waals surface area contributed by atoms with Crippen molar-refractivity contribution in [3.8, 4) is 11.5 Å². The van der Waals surface area contributed by atoms with Gasteiger partial charge in [0.15, 0.2) is 5.65 Å². The van der Waals surface area contributed by atoms with Crippen LogP contribution < -0.4 is 25.2 Å². The van der Waals surface area contributed by atoms with Crippen molar-refractivity contribution in [3.63, 3.8) is 0 Å². The first kappa shape index (κ1) is 44.4. The zero-order chi connectivity index (χ0) is 45.8. The minimum Gasteiger partial charge on any atom is -0.497 e. The van der Waals surface area contributed by atoms with Crippen LogP contribution in [0.4, 0.5) is 5.95 Å². The Kier molecular flexibility index (Phi) is 12.8. The second-order valence-corrected chi connectivity index (χ2v) is 17.9. The molecule has 2 aromatic heterocycles. The quantitative estimate of drug-likeness (QED) is 0.0921. The second-order valence-electron chi connectivity index (χ2n) is 17.0. The van der Waals surface area contributed by atoms with Crippen molar-refractivity contribution in [2.24, 2.45) is 11.8 Å². The molecule has 3 heterocycles.